The van der Waals surface area contributed by atoms with Crippen molar-refractivity contribution in [1.29, 1.82) is 0 Å². The predicted molar refractivity (Wildman–Crippen MR) is 63.4 cm³/mol. The van der Waals surface area contributed by atoms with E-state index >= 15 is 0 Å². The molecule has 2 unspecified atom stereocenters. The lowest BCUT2D eigenvalue weighted by molar-refractivity contribution is -0.122. The summed E-state index contributed by atoms with van der Waals surface area (Å²) in [7, 11) is 0. The molecule has 0 radical (unpaired) electrons. The Hall–Kier alpha value is -1.98. The average Bonchev–Trinajstić information content (AvgIpc) is 2.82. The summed E-state index contributed by atoms with van der Waals surface area (Å²) in [5, 5.41) is 8.28. The van der Waals surface area contributed by atoms with Crippen LogP contribution in [-0.4, -0.2) is 33.2 Å². The van der Waals surface area contributed by atoms with Gasteiger partial charge in [-0.1, -0.05) is 19.9 Å². The van der Waals surface area contributed by atoms with E-state index in [9.17, 15) is 4.79 Å². The van der Waals surface area contributed by atoms with Crippen molar-refractivity contribution in [3.63, 3.8) is 0 Å². The van der Waals surface area contributed by atoms with Crippen LogP contribution in [0.2, 0.25) is 0 Å². The minimum absolute atomic E-state index is 0.0844. The second kappa shape index (κ2) is 4.12. The summed E-state index contributed by atoms with van der Waals surface area (Å²) in [6.07, 6.45) is 8.42. The van der Waals surface area contributed by atoms with E-state index in [2.05, 4.69) is 15.2 Å². The second-order valence-corrected chi connectivity index (χ2v) is 4.32. The van der Waals surface area contributed by atoms with Crippen LogP contribution in [0, 0.1) is 5.92 Å². The number of rotatable bonds is 3. The van der Waals surface area contributed by atoms with Crippen molar-refractivity contribution in [2.45, 2.75) is 25.4 Å². The van der Waals surface area contributed by atoms with Gasteiger partial charge >= 0.3 is 0 Å². The highest BCUT2D eigenvalue weighted by Crippen LogP contribution is 2.33. The van der Waals surface area contributed by atoms with Gasteiger partial charge in [0.2, 0.25) is 5.91 Å². The zero-order valence-corrected chi connectivity index (χ0v) is 9.82. The first-order valence-corrected chi connectivity index (χ1v) is 5.46. The third kappa shape index (κ3) is 1.65. The standard InChI is InChI=1S/C11H15N5O/c1-8(2)11(16-14-6-7-15-16)4-3-5-13-9(11)10(12)17/h3-9H,1-2H3,(H2,12,17). The van der Waals surface area contributed by atoms with E-state index in [0.717, 1.165) is 0 Å². The van der Waals surface area contributed by atoms with Crippen molar-refractivity contribution in [1.82, 2.24) is 15.0 Å². The molecule has 0 bridgehead atoms. The van der Waals surface area contributed by atoms with Gasteiger partial charge in [0.05, 0.1) is 12.4 Å². The zero-order valence-electron chi connectivity index (χ0n) is 9.82. The van der Waals surface area contributed by atoms with E-state index in [1.165, 1.54) is 4.80 Å². The average molecular weight is 233 g/mol. The molecule has 6 nitrogen and oxygen atoms in total. The van der Waals surface area contributed by atoms with Crippen molar-refractivity contribution >= 4 is 12.1 Å². The van der Waals surface area contributed by atoms with E-state index < -0.39 is 17.5 Å². The van der Waals surface area contributed by atoms with E-state index in [1.807, 2.05) is 19.9 Å². The van der Waals surface area contributed by atoms with E-state index in [4.69, 9.17) is 5.73 Å². The monoisotopic (exact) mass is 233 g/mol. The van der Waals surface area contributed by atoms with Gasteiger partial charge in [0.1, 0.15) is 5.54 Å². The molecule has 17 heavy (non-hydrogen) atoms. The Morgan fingerprint density at radius 1 is 1.41 bits per heavy atom. The van der Waals surface area contributed by atoms with Crippen molar-refractivity contribution in [2.75, 3.05) is 0 Å². The van der Waals surface area contributed by atoms with Crippen molar-refractivity contribution in [2.24, 2.45) is 16.6 Å². The molecule has 0 aliphatic carbocycles. The fraction of sp³-hybridized carbons (Fsp3) is 0.455. The predicted octanol–water partition coefficient (Wildman–Crippen LogP) is 0.124. The molecule has 1 amide bonds. The Morgan fingerprint density at radius 2 is 2.06 bits per heavy atom. The number of hydrogen-bond donors (Lipinski definition) is 1. The molecule has 0 aromatic carbocycles. The molecule has 0 fully saturated rings. The number of carbonyl (C=O) groups is 1. The largest absolute Gasteiger partial charge is 0.368 e. The summed E-state index contributed by atoms with van der Waals surface area (Å²) in [4.78, 5) is 17.3. The molecule has 1 aromatic heterocycles. The SMILES string of the molecule is CC(C)C1(n2nccn2)C=CC=NC1C(N)=O. The Morgan fingerprint density at radius 3 is 2.59 bits per heavy atom. The molecule has 0 saturated heterocycles. The molecule has 2 rings (SSSR count). The smallest absolute Gasteiger partial charge is 0.245 e. The molecule has 6 heteroatoms. The number of aliphatic imine (C=N–C) groups is 1. The van der Waals surface area contributed by atoms with Crippen LogP contribution >= 0.6 is 0 Å². The van der Waals surface area contributed by atoms with Gasteiger partial charge in [0.15, 0.2) is 6.04 Å². The third-order valence-corrected chi connectivity index (χ3v) is 3.08. The highest BCUT2D eigenvalue weighted by atomic mass is 16.1. The second-order valence-electron chi connectivity index (χ2n) is 4.32. The maximum Gasteiger partial charge on any atom is 0.245 e. The lowest BCUT2D eigenvalue weighted by Crippen LogP contribution is -2.54. The van der Waals surface area contributed by atoms with E-state index in [1.54, 1.807) is 24.7 Å². The Labute approximate surface area is 99.2 Å². The summed E-state index contributed by atoms with van der Waals surface area (Å²) in [6.45, 7) is 3.98. The summed E-state index contributed by atoms with van der Waals surface area (Å²) < 4.78 is 0. The molecular weight excluding hydrogens is 218 g/mol. The number of dihydropyridines is 1. The number of allylic oxidation sites excluding steroid dienone is 1. The summed E-state index contributed by atoms with van der Waals surface area (Å²) in [6, 6.07) is -0.681. The number of primary amides is 1. The van der Waals surface area contributed by atoms with Crippen LogP contribution in [0.4, 0.5) is 0 Å². The molecule has 0 spiro atoms. The number of nitrogens with two attached hydrogens (primary N) is 1. The maximum atomic E-state index is 11.6. The molecule has 2 N–H and O–H groups in total. The number of hydrogen-bond acceptors (Lipinski definition) is 4. The minimum Gasteiger partial charge on any atom is -0.368 e. The molecule has 1 aromatic rings. The third-order valence-electron chi connectivity index (χ3n) is 3.08. The van der Waals surface area contributed by atoms with Gasteiger partial charge in [0.25, 0.3) is 0 Å². The van der Waals surface area contributed by atoms with Gasteiger partial charge in [-0.15, -0.1) is 0 Å². The number of nitrogens with zero attached hydrogens (tertiary/aromatic N) is 4. The van der Waals surface area contributed by atoms with Crippen LogP contribution in [0.3, 0.4) is 0 Å². The summed E-state index contributed by atoms with van der Waals surface area (Å²) >= 11 is 0. The van der Waals surface area contributed by atoms with Gasteiger partial charge in [-0.2, -0.15) is 15.0 Å². The van der Waals surface area contributed by atoms with Crippen LogP contribution in [-0.2, 0) is 10.3 Å². The Bertz CT molecular complexity index is 462. The fourth-order valence-corrected chi connectivity index (χ4v) is 2.18. The van der Waals surface area contributed by atoms with Crippen molar-refractivity contribution in [3.05, 3.63) is 24.5 Å². The van der Waals surface area contributed by atoms with Gasteiger partial charge in [-0.05, 0) is 12.0 Å². The molecule has 1 aliphatic rings. The van der Waals surface area contributed by atoms with E-state index in [-0.39, 0.29) is 5.92 Å². The van der Waals surface area contributed by atoms with E-state index in [0.29, 0.717) is 0 Å². The Balaban J connectivity index is 2.57. The number of aromatic nitrogens is 3. The van der Waals surface area contributed by atoms with Crippen LogP contribution in [0.25, 0.3) is 0 Å². The molecule has 2 atom stereocenters. The van der Waals surface area contributed by atoms with Gasteiger partial charge in [0, 0.05) is 6.21 Å². The van der Waals surface area contributed by atoms with Gasteiger partial charge in [-0.3, -0.25) is 9.79 Å². The number of carbonyl (C=O) groups excluding carboxylic acids is 1. The summed E-state index contributed by atoms with van der Waals surface area (Å²) in [5.41, 5.74) is 4.71. The lowest BCUT2D eigenvalue weighted by Gasteiger charge is -2.38. The van der Waals surface area contributed by atoms with Crippen molar-refractivity contribution < 1.29 is 4.79 Å². The first-order valence-electron chi connectivity index (χ1n) is 5.46. The highest BCUT2D eigenvalue weighted by Gasteiger charge is 2.47. The fourth-order valence-electron chi connectivity index (χ4n) is 2.18. The molecule has 2 heterocycles. The molecule has 0 saturated carbocycles. The first-order chi connectivity index (χ1) is 8.09. The topological polar surface area (TPSA) is 86.2 Å². The zero-order chi connectivity index (χ0) is 12.5. The molecule has 90 valence electrons. The first kappa shape index (κ1) is 11.5. The van der Waals surface area contributed by atoms with Crippen LogP contribution in [0.1, 0.15) is 13.8 Å². The molecule has 1 aliphatic heterocycles. The summed E-state index contributed by atoms with van der Waals surface area (Å²) in [5.74, 6) is -0.391. The van der Waals surface area contributed by atoms with Crippen LogP contribution in [0.5, 0.6) is 0 Å². The van der Waals surface area contributed by atoms with Crippen LogP contribution < -0.4 is 5.73 Å². The number of amides is 1. The highest BCUT2D eigenvalue weighted by molar-refractivity contribution is 5.86. The van der Waals surface area contributed by atoms with Crippen molar-refractivity contribution in [3.8, 4) is 0 Å². The normalized spacial score (nSPS) is 27.6. The molecular formula is C11H15N5O. The maximum absolute atomic E-state index is 11.6. The van der Waals surface area contributed by atoms with Gasteiger partial charge < -0.3 is 5.73 Å². The minimum atomic E-state index is -0.718. The Kier molecular flexibility index (Phi) is 2.79. The quantitative estimate of drug-likeness (QED) is 0.804. The van der Waals surface area contributed by atoms with Gasteiger partial charge in [-0.25, -0.2) is 0 Å². The lowest BCUT2D eigenvalue weighted by atomic mass is 9.78. The van der Waals surface area contributed by atoms with Crippen LogP contribution in [0.15, 0.2) is 29.5 Å².